The van der Waals surface area contributed by atoms with Crippen molar-refractivity contribution < 1.29 is 4.74 Å². The summed E-state index contributed by atoms with van der Waals surface area (Å²) in [6, 6.07) is 0.624. The van der Waals surface area contributed by atoms with Crippen molar-refractivity contribution in [2.75, 3.05) is 31.6 Å². The molecule has 0 spiro atoms. The molecule has 0 aromatic carbocycles. The summed E-state index contributed by atoms with van der Waals surface area (Å²) in [5, 5.41) is 5.01. The van der Waals surface area contributed by atoms with E-state index in [-0.39, 0.29) is 0 Å². The SMILES string of the molecule is C1CCc2c(sc3nc(CN4CCOCC4)nc(NC4CC4)c23)C1. The number of fused-ring (bicyclic) bond motifs is 3. The number of hydrogen-bond acceptors (Lipinski definition) is 6. The highest BCUT2D eigenvalue weighted by molar-refractivity contribution is 7.19. The van der Waals surface area contributed by atoms with Crippen molar-refractivity contribution in [2.24, 2.45) is 0 Å². The molecular weight excluding hydrogens is 320 g/mol. The van der Waals surface area contributed by atoms with Gasteiger partial charge in [-0.3, -0.25) is 4.90 Å². The Labute approximate surface area is 146 Å². The molecule has 0 atom stereocenters. The Bertz CT molecular complexity index is 749. The highest BCUT2D eigenvalue weighted by Crippen LogP contribution is 2.40. The summed E-state index contributed by atoms with van der Waals surface area (Å²) in [4.78, 5) is 15.1. The summed E-state index contributed by atoms with van der Waals surface area (Å²) in [5.41, 5.74) is 1.53. The minimum absolute atomic E-state index is 0.624. The molecule has 2 aliphatic carbocycles. The average molecular weight is 344 g/mol. The number of nitrogens with one attached hydrogen (secondary N) is 1. The van der Waals surface area contributed by atoms with Crippen molar-refractivity contribution in [2.45, 2.75) is 51.1 Å². The fraction of sp³-hybridized carbons (Fsp3) is 0.667. The monoisotopic (exact) mass is 344 g/mol. The van der Waals surface area contributed by atoms with Gasteiger partial charge in [0, 0.05) is 24.0 Å². The van der Waals surface area contributed by atoms with Gasteiger partial charge in [-0.1, -0.05) is 0 Å². The van der Waals surface area contributed by atoms with E-state index >= 15 is 0 Å². The first-order chi connectivity index (χ1) is 11.9. The maximum absolute atomic E-state index is 5.45. The Balaban J connectivity index is 1.53. The first-order valence-corrected chi connectivity index (χ1v) is 10.1. The summed E-state index contributed by atoms with van der Waals surface area (Å²) >= 11 is 1.90. The van der Waals surface area contributed by atoms with Crippen LogP contribution in [-0.4, -0.2) is 47.2 Å². The van der Waals surface area contributed by atoms with Gasteiger partial charge in [0.2, 0.25) is 0 Å². The van der Waals surface area contributed by atoms with Gasteiger partial charge >= 0.3 is 0 Å². The lowest BCUT2D eigenvalue weighted by Crippen LogP contribution is -2.36. The first kappa shape index (κ1) is 15.0. The molecular formula is C18H24N4OS. The van der Waals surface area contributed by atoms with Crippen LogP contribution in [0.5, 0.6) is 0 Å². The van der Waals surface area contributed by atoms with Crippen molar-refractivity contribution in [3.05, 3.63) is 16.3 Å². The van der Waals surface area contributed by atoms with Crippen LogP contribution in [-0.2, 0) is 24.1 Å². The average Bonchev–Trinajstić information content (AvgIpc) is 3.33. The van der Waals surface area contributed by atoms with Crippen LogP contribution >= 0.6 is 11.3 Å². The van der Waals surface area contributed by atoms with E-state index < -0.39 is 0 Å². The molecule has 0 bridgehead atoms. The summed E-state index contributed by atoms with van der Waals surface area (Å²) in [6.45, 7) is 4.44. The molecule has 128 valence electrons. The van der Waals surface area contributed by atoms with Gasteiger partial charge in [0.15, 0.2) is 0 Å². The van der Waals surface area contributed by atoms with Gasteiger partial charge in [-0.25, -0.2) is 9.97 Å². The molecule has 0 radical (unpaired) electrons. The smallest absolute Gasteiger partial charge is 0.146 e. The van der Waals surface area contributed by atoms with Crippen molar-refractivity contribution >= 4 is 27.4 Å². The third kappa shape index (κ3) is 2.91. The molecule has 1 N–H and O–H groups in total. The van der Waals surface area contributed by atoms with Crippen LogP contribution in [0.2, 0.25) is 0 Å². The standard InChI is InChI=1S/C18H24N4OS/c1-2-4-14-13(3-1)16-17(19-12-5-6-12)20-15(21-18(16)24-14)11-22-7-9-23-10-8-22/h12H,1-11H2,(H,19,20,21). The molecule has 3 heterocycles. The van der Waals surface area contributed by atoms with E-state index in [1.165, 1.54) is 54.3 Å². The summed E-state index contributed by atoms with van der Waals surface area (Å²) in [5.74, 6) is 2.07. The van der Waals surface area contributed by atoms with Crippen molar-refractivity contribution in [3.8, 4) is 0 Å². The topological polar surface area (TPSA) is 50.3 Å². The van der Waals surface area contributed by atoms with Gasteiger partial charge in [0.1, 0.15) is 16.5 Å². The lowest BCUT2D eigenvalue weighted by molar-refractivity contribution is 0.0331. The van der Waals surface area contributed by atoms with E-state index in [4.69, 9.17) is 14.7 Å². The van der Waals surface area contributed by atoms with Gasteiger partial charge in [-0.15, -0.1) is 11.3 Å². The van der Waals surface area contributed by atoms with Gasteiger partial charge in [-0.2, -0.15) is 0 Å². The van der Waals surface area contributed by atoms with Gasteiger partial charge < -0.3 is 10.1 Å². The largest absolute Gasteiger partial charge is 0.379 e. The lowest BCUT2D eigenvalue weighted by atomic mass is 9.97. The van der Waals surface area contributed by atoms with Crippen LogP contribution in [0.3, 0.4) is 0 Å². The van der Waals surface area contributed by atoms with Crippen LogP contribution in [0.4, 0.5) is 5.82 Å². The molecule has 2 aromatic rings. The minimum Gasteiger partial charge on any atom is -0.379 e. The second-order valence-electron chi connectivity index (χ2n) is 7.19. The molecule has 24 heavy (non-hydrogen) atoms. The number of morpholine rings is 1. The summed E-state index contributed by atoms with van der Waals surface area (Å²) in [6.07, 6.45) is 7.59. The first-order valence-electron chi connectivity index (χ1n) is 9.24. The van der Waals surface area contributed by atoms with Crippen LogP contribution < -0.4 is 5.32 Å². The number of thiophene rings is 1. The Morgan fingerprint density at radius 2 is 1.96 bits per heavy atom. The second kappa shape index (κ2) is 6.24. The maximum Gasteiger partial charge on any atom is 0.146 e. The van der Waals surface area contributed by atoms with E-state index in [9.17, 15) is 0 Å². The number of aryl methyl sites for hydroxylation is 2. The van der Waals surface area contributed by atoms with E-state index in [0.29, 0.717) is 6.04 Å². The van der Waals surface area contributed by atoms with Crippen LogP contribution in [0.25, 0.3) is 10.2 Å². The van der Waals surface area contributed by atoms with Gasteiger partial charge in [0.05, 0.1) is 25.1 Å². The number of aromatic nitrogens is 2. The maximum atomic E-state index is 5.45. The van der Waals surface area contributed by atoms with E-state index in [1.807, 2.05) is 11.3 Å². The minimum atomic E-state index is 0.624. The number of ether oxygens (including phenoxy) is 1. The quantitative estimate of drug-likeness (QED) is 0.924. The molecule has 1 saturated carbocycles. The number of anilines is 1. The summed E-state index contributed by atoms with van der Waals surface area (Å²) in [7, 11) is 0. The molecule has 2 fully saturated rings. The van der Waals surface area contributed by atoms with Gasteiger partial charge in [0.25, 0.3) is 0 Å². The zero-order valence-corrected chi connectivity index (χ0v) is 14.8. The number of rotatable bonds is 4. The fourth-order valence-electron chi connectivity index (χ4n) is 3.76. The molecule has 5 nitrogen and oxygen atoms in total. The van der Waals surface area contributed by atoms with E-state index in [1.54, 1.807) is 4.88 Å². The molecule has 3 aliphatic rings. The highest BCUT2D eigenvalue weighted by atomic mass is 32.1. The Kier molecular flexibility index (Phi) is 3.91. The van der Waals surface area contributed by atoms with Gasteiger partial charge in [-0.05, 0) is 44.1 Å². The van der Waals surface area contributed by atoms with Crippen LogP contribution in [0.1, 0.15) is 41.9 Å². The highest BCUT2D eigenvalue weighted by Gasteiger charge is 2.26. The predicted molar refractivity (Wildman–Crippen MR) is 96.8 cm³/mol. The zero-order chi connectivity index (χ0) is 15.9. The Hall–Kier alpha value is -1.24. The van der Waals surface area contributed by atoms with Crippen molar-refractivity contribution in [1.82, 2.24) is 14.9 Å². The van der Waals surface area contributed by atoms with E-state index in [2.05, 4.69) is 10.2 Å². The molecule has 5 rings (SSSR count). The van der Waals surface area contributed by atoms with Crippen molar-refractivity contribution in [1.29, 1.82) is 0 Å². The molecule has 6 heteroatoms. The Morgan fingerprint density at radius 1 is 1.12 bits per heavy atom. The zero-order valence-electron chi connectivity index (χ0n) is 14.0. The van der Waals surface area contributed by atoms with Crippen LogP contribution in [0.15, 0.2) is 0 Å². The fourth-order valence-corrected chi connectivity index (χ4v) is 5.04. The molecule has 0 amide bonds. The summed E-state index contributed by atoms with van der Waals surface area (Å²) < 4.78 is 5.45. The lowest BCUT2D eigenvalue weighted by Gasteiger charge is -2.25. The molecule has 2 aromatic heterocycles. The Morgan fingerprint density at radius 3 is 2.79 bits per heavy atom. The molecule has 0 unspecified atom stereocenters. The molecule has 1 saturated heterocycles. The van der Waals surface area contributed by atoms with Crippen LogP contribution in [0, 0.1) is 0 Å². The van der Waals surface area contributed by atoms with Crippen molar-refractivity contribution in [3.63, 3.8) is 0 Å². The number of nitrogens with zero attached hydrogens (tertiary/aromatic N) is 3. The normalized spacial score (nSPS) is 21.8. The second-order valence-corrected chi connectivity index (χ2v) is 8.27. The third-order valence-corrected chi connectivity index (χ3v) is 6.43. The number of hydrogen-bond donors (Lipinski definition) is 1. The molecule has 1 aliphatic heterocycles. The third-order valence-electron chi connectivity index (χ3n) is 5.25. The van der Waals surface area contributed by atoms with E-state index in [0.717, 1.165) is 44.5 Å². The predicted octanol–water partition coefficient (Wildman–Crippen LogP) is 2.98.